The Bertz CT molecular complexity index is 1260. The molecule has 6 heteroatoms. The zero-order valence-electron chi connectivity index (χ0n) is 21.5. The quantitative estimate of drug-likeness (QED) is 0.335. The summed E-state index contributed by atoms with van der Waals surface area (Å²) in [6.45, 7) is 4.89. The van der Waals surface area contributed by atoms with Crippen molar-refractivity contribution >= 4 is 23.0 Å². The van der Waals surface area contributed by atoms with E-state index in [-0.39, 0.29) is 17.8 Å². The molecule has 2 bridgehead atoms. The van der Waals surface area contributed by atoms with Crippen LogP contribution in [0.4, 0.5) is 21.5 Å². The van der Waals surface area contributed by atoms with Crippen LogP contribution in [0, 0.1) is 5.82 Å². The number of carbonyl (C=O) groups excluding carboxylic acids is 1. The second-order valence-corrected chi connectivity index (χ2v) is 9.96. The number of ether oxygens (including phenoxy) is 1. The molecule has 2 saturated heterocycles. The molecule has 2 atom stereocenters. The molecule has 3 aromatic rings. The third-order valence-electron chi connectivity index (χ3n) is 7.77. The van der Waals surface area contributed by atoms with Crippen molar-refractivity contribution < 1.29 is 13.9 Å². The number of anilines is 3. The van der Waals surface area contributed by atoms with Gasteiger partial charge in [0.15, 0.2) is 0 Å². The van der Waals surface area contributed by atoms with E-state index in [1.165, 1.54) is 29.9 Å². The Labute approximate surface area is 218 Å². The van der Waals surface area contributed by atoms with Gasteiger partial charge in [-0.3, -0.25) is 9.69 Å². The highest BCUT2D eigenvalue weighted by Gasteiger charge is 2.42. The summed E-state index contributed by atoms with van der Waals surface area (Å²) in [5.41, 5.74) is 3.09. The van der Waals surface area contributed by atoms with Crippen LogP contribution in [-0.4, -0.2) is 49.6 Å². The molecule has 0 aliphatic carbocycles. The Morgan fingerprint density at radius 1 is 1.00 bits per heavy atom. The number of hydrogen-bond donors (Lipinski definition) is 0. The summed E-state index contributed by atoms with van der Waals surface area (Å²) in [6.07, 6.45) is 6.51. The maximum absolute atomic E-state index is 13.8. The minimum atomic E-state index is -0.368. The van der Waals surface area contributed by atoms with Crippen molar-refractivity contribution in [1.29, 1.82) is 0 Å². The first-order valence-electron chi connectivity index (χ1n) is 12.9. The van der Waals surface area contributed by atoms with Crippen molar-refractivity contribution in [3.05, 3.63) is 96.8 Å². The third kappa shape index (κ3) is 5.12. The molecule has 5 rings (SSSR count). The summed E-state index contributed by atoms with van der Waals surface area (Å²) >= 11 is 0. The molecule has 0 aromatic heterocycles. The predicted molar refractivity (Wildman–Crippen MR) is 147 cm³/mol. The molecule has 2 aliphatic rings. The summed E-state index contributed by atoms with van der Waals surface area (Å²) in [6, 6.07) is 23.3. The molecule has 2 aliphatic heterocycles. The predicted octanol–water partition coefficient (Wildman–Crippen LogP) is 6.43. The molecule has 2 unspecified atom stereocenters. The van der Waals surface area contributed by atoms with Crippen LogP contribution < -0.4 is 14.5 Å². The Morgan fingerprint density at radius 2 is 1.65 bits per heavy atom. The fourth-order valence-corrected chi connectivity index (χ4v) is 6.02. The Kier molecular flexibility index (Phi) is 7.28. The van der Waals surface area contributed by atoms with Gasteiger partial charge in [-0.2, -0.15) is 0 Å². The highest BCUT2D eigenvalue weighted by atomic mass is 19.1. The van der Waals surface area contributed by atoms with Gasteiger partial charge in [0.1, 0.15) is 11.6 Å². The van der Waals surface area contributed by atoms with Gasteiger partial charge < -0.3 is 14.5 Å². The molecule has 2 fully saturated rings. The van der Waals surface area contributed by atoms with Crippen molar-refractivity contribution in [3.63, 3.8) is 0 Å². The van der Waals surface area contributed by atoms with Crippen molar-refractivity contribution in [2.24, 2.45) is 0 Å². The van der Waals surface area contributed by atoms with E-state index in [0.717, 1.165) is 36.5 Å². The van der Waals surface area contributed by atoms with Crippen molar-refractivity contribution in [2.75, 3.05) is 30.5 Å². The highest BCUT2D eigenvalue weighted by molar-refractivity contribution is 6.06. The first kappa shape index (κ1) is 25.0. The fraction of sp³-hybridized carbons (Fsp3) is 0.323. The van der Waals surface area contributed by atoms with Crippen LogP contribution in [0.3, 0.4) is 0 Å². The lowest BCUT2D eigenvalue weighted by Crippen LogP contribution is -2.49. The third-order valence-corrected chi connectivity index (χ3v) is 7.77. The second kappa shape index (κ2) is 10.8. The van der Waals surface area contributed by atoms with E-state index in [2.05, 4.69) is 34.6 Å². The van der Waals surface area contributed by atoms with E-state index in [1.807, 2.05) is 36.4 Å². The summed E-state index contributed by atoms with van der Waals surface area (Å²) in [5, 5.41) is 0. The Balaban J connectivity index is 1.49. The smallest absolute Gasteiger partial charge is 0.258 e. The standard InChI is InChI=1S/C31H34FN3O2/c1-4-16-34-25-14-15-26(34)20-29(19-25)35(28-12-7-13-30(21-28)37-3)27-11-5-8-22(17-27)31(36)33(2)24-10-6-9-23(32)18-24/h4-13,17-18,21,25-26,29H,1,14-16,19-20H2,2-3H3. The molecule has 3 aromatic carbocycles. The molecule has 0 saturated carbocycles. The topological polar surface area (TPSA) is 36.0 Å². The molecule has 0 radical (unpaired) electrons. The normalized spacial score (nSPS) is 20.9. The van der Waals surface area contributed by atoms with Crippen LogP contribution in [0.1, 0.15) is 36.0 Å². The van der Waals surface area contributed by atoms with E-state index >= 15 is 0 Å². The number of rotatable bonds is 8. The van der Waals surface area contributed by atoms with Gasteiger partial charge in [-0.25, -0.2) is 4.39 Å². The largest absolute Gasteiger partial charge is 0.497 e. The van der Waals surface area contributed by atoms with Gasteiger partial charge in [-0.15, -0.1) is 6.58 Å². The number of nitrogens with zero attached hydrogens (tertiary/aromatic N) is 3. The minimum Gasteiger partial charge on any atom is -0.497 e. The molecule has 1 amide bonds. The van der Waals surface area contributed by atoms with E-state index < -0.39 is 0 Å². The lowest BCUT2D eigenvalue weighted by molar-refractivity contribution is 0.0993. The minimum absolute atomic E-state index is 0.182. The summed E-state index contributed by atoms with van der Waals surface area (Å²) in [7, 11) is 3.36. The second-order valence-electron chi connectivity index (χ2n) is 9.96. The van der Waals surface area contributed by atoms with Crippen LogP contribution in [0.25, 0.3) is 0 Å². The van der Waals surface area contributed by atoms with Crippen LogP contribution in [0.5, 0.6) is 5.75 Å². The molecular formula is C31H34FN3O2. The highest BCUT2D eigenvalue weighted by Crippen LogP contribution is 2.42. The van der Waals surface area contributed by atoms with Crippen molar-refractivity contribution in [3.8, 4) is 5.75 Å². The number of benzene rings is 3. The maximum atomic E-state index is 13.8. The number of piperidine rings is 1. The molecule has 2 heterocycles. The van der Waals surface area contributed by atoms with Gasteiger partial charge in [0.2, 0.25) is 0 Å². The number of fused-ring (bicyclic) bond motifs is 2. The van der Waals surface area contributed by atoms with Gasteiger partial charge in [-0.05, 0) is 74.2 Å². The summed E-state index contributed by atoms with van der Waals surface area (Å²) in [5.74, 6) is 0.249. The van der Waals surface area contributed by atoms with Crippen LogP contribution in [-0.2, 0) is 0 Å². The van der Waals surface area contributed by atoms with E-state index in [4.69, 9.17) is 4.74 Å². The van der Waals surface area contributed by atoms with Gasteiger partial charge in [0.25, 0.3) is 5.91 Å². The fourth-order valence-electron chi connectivity index (χ4n) is 6.02. The van der Waals surface area contributed by atoms with Gasteiger partial charge >= 0.3 is 0 Å². The molecule has 37 heavy (non-hydrogen) atoms. The SMILES string of the molecule is C=CCN1C2CCC1CC(N(c1cccc(OC)c1)c1cccc(C(=O)N(C)c3cccc(F)c3)c1)C2. The summed E-state index contributed by atoms with van der Waals surface area (Å²) in [4.78, 5) is 19.9. The van der Waals surface area contributed by atoms with E-state index in [0.29, 0.717) is 23.3 Å². The lowest BCUT2D eigenvalue weighted by atomic mass is 9.94. The number of carbonyl (C=O) groups is 1. The Morgan fingerprint density at radius 3 is 2.32 bits per heavy atom. The maximum Gasteiger partial charge on any atom is 0.258 e. The number of amides is 1. The molecule has 0 N–H and O–H groups in total. The molecular weight excluding hydrogens is 465 g/mol. The zero-order chi connectivity index (χ0) is 25.9. The van der Waals surface area contributed by atoms with E-state index in [9.17, 15) is 9.18 Å². The first-order valence-corrected chi connectivity index (χ1v) is 12.9. The van der Waals surface area contributed by atoms with Gasteiger partial charge in [-0.1, -0.05) is 24.3 Å². The molecule has 5 nitrogen and oxygen atoms in total. The first-order chi connectivity index (χ1) is 18.0. The lowest BCUT2D eigenvalue weighted by Gasteiger charge is -2.44. The van der Waals surface area contributed by atoms with Gasteiger partial charge in [0.05, 0.1) is 7.11 Å². The van der Waals surface area contributed by atoms with Crippen molar-refractivity contribution in [1.82, 2.24) is 4.90 Å². The summed E-state index contributed by atoms with van der Waals surface area (Å²) < 4.78 is 19.3. The van der Waals surface area contributed by atoms with Crippen LogP contribution in [0.2, 0.25) is 0 Å². The molecule has 0 spiro atoms. The Hall–Kier alpha value is -3.64. The monoisotopic (exact) mass is 499 g/mol. The van der Waals surface area contributed by atoms with Crippen LogP contribution >= 0.6 is 0 Å². The average molecular weight is 500 g/mol. The average Bonchev–Trinajstić information content (AvgIpc) is 3.15. The number of hydrogen-bond acceptors (Lipinski definition) is 4. The van der Waals surface area contributed by atoms with E-state index in [1.54, 1.807) is 26.3 Å². The van der Waals surface area contributed by atoms with Crippen molar-refractivity contribution in [2.45, 2.75) is 43.8 Å². The zero-order valence-corrected chi connectivity index (χ0v) is 21.5. The number of halogens is 1. The van der Waals surface area contributed by atoms with Gasteiger partial charge in [0, 0.05) is 60.4 Å². The van der Waals surface area contributed by atoms with Crippen LogP contribution in [0.15, 0.2) is 85.5 Å². The molecule has 192 valence electrons. The number of methoxy groups -OCH3 is 1.